The van der Waals surface area contributed by atoms with Crippen LogP contribution in [0.15, 0.2) is 28.8 Å². The molecule has 0 atom stereocenters. The van der Waals surface area contributed by atoms with Gasteiger partial charge in [-0.15, -0.1) is 0 Å². The predicted molar refractivity (Wildman–Crippen MR) is 64.6 cm³/mol. The van der Waals surface area contributed by atoms with E-state index in [4.69, 9.17) is 14.4 Å². The van der Waals surface area contributed by atoms with Crippen molar-refractivity contribution in [2.24, 2.45) is 0 Å². The summed E-state index contributed by atoms with van der Waals surface area (Å²) >= 11 is 0. The summed E-state index contributed by atoms with van der Waals surface area (Å²) in [6, 6.07) is 5.49. The molecule has 0 bridgehead atoms. The van der Waals surface area contributed by atoms with Crippen molar-refractivity contribution in [2.75, 3.05) is 0 Å². The number of hydrogen-bond acceptors (Lipinski definition) is 4. The number of aromatic carboxylic acids is 1. The van der Waals surface area contributed by atoms with Gasteiger partial charge in [0.2, 0.25) is 0 Å². The van der Waals surface area contributed by atoms with E-state index >= 15 is 0 Å². The number of carboxylic acid groups (broad SMARTS) is 1. The predicted octanol–water partition coefficient (Wildman–Crippen LogP) is 2.97. The molecule has 0 aliphatic rings. The summed E-state index contributed by atoms with van der Waals surface area (Å²) in [5, 5.41) is 12.1. The molecule has 0 fully saturated rings. The molecule has 0 aliphatic carbocycles. The van der Waals surface area contributed by atoms with Gasteiger partial charge in [0.05, 0.1) is 6.10 Å². The van der Waals surface area contributed by atoms with Crippen LogP contribution in [0, 0.1) is 5.82 Å². The highest BCUT2D eigenvalue weighted by atomic mass is 19.1. The van der Waals surface area contributed by atoms with Crippen LogP contribution in [0.25, 0.3) is 11.3 Å². The van der Waals surface area contributed by atoms with Crippen molar-refractivity contribution in [1.82, 2.24) is 5.16 Å². The minimum absolute atomic E-state index is 0.135. The lowest BCUT2D eigenvalue weighted by atomic mass is 10.1. The summed E-state index contributed by atoms with van der Waals surface area (Å²) in [6.45, 7) is 3.59. The lowest BCUT2D eigenvalue weighted by molar-refractivity contribution is 0.0686. The van der Waals surface area contributed by atoms with Crippen LogP contribution in [0.5, 0.6) is 5.75 Å². The van der Waals surface area contributed by atoms with Crippen LogP contribution < -0.4 is 4.74 Å². The molecule has 1 aromatic carbocycles. The van der Waals surface area contributed by atoms with Gasteiger partial charge >= 0.3 is 5.97 Å². The second-order valence-electron chi connectivity index (χ2n) is 4.19. The molecule has 5 nitrogen and oxygen atoms in total. The maximum absolute atomic E-state index is 13.8. The zero-order valence-electron chi connectivity index (χ0n) is 10.4. The molecule has 0 radical (unpaired) electrons. The van der Waals surface area contributed by atoms with Gasteiger partial charge in [0.1, 0.15) is 0 Å². The maximum Gasteiger partial charge on any atom is 0.358 e. The molecular weight excluding hydrogens is 253 g/mol. The third-order valence-electron chi connectivity index (χ3n) is 2.31. The van der Waals surface area contributed by atoms with Gasteiger partial charge in [0.25, 0.3) is 0 Å². The molecular formula is C13H12FNO4. The highest BCUT2D eigenvalue weighted by molar-refractivity contribution is 5.86. The molecule has 0 saturated heterocycles. The van der Waals surface area contributed by atoms with Gasteiger partial charge in [0, 0.05) is 11.6 Å². The molecule has 1 aromatic heterocycles. The van der Waals surface area contributed by atoms with Crippen molar-refractivity contribution in [1.29, 1.82) is 0 Å². The van der Waals surface area contributed by atoms with Gasteiger partial charge in [-0.25, -0.2) is 9.18 Å². The van der Waals surface area contributed by atoms with Crippen molar-refractivity contribution >= 4 is 5.97 Å². The van der Waals surface area contributed by atoms with Crippen LogP contribution in [0.1, 0.15) is 24.3 Å². The minimum atomic E-state index is -1.20. The normalized spacial score (nSPS) is 10.7. The molecule has 0 unspecified atom stereocenters. The van der Waals surface area contributed by atoms with E-state index in [9.17, 15) is 9.18 Å². The van der Waals surface area contributed by atoms with Gasteiger partial charge in [0.15, 0.2) is 23.0 Å². The van der Waals surface area contributed by atoms with Crippen LogP contribution in [0.3, 0.4) is 0 Å². The fraction of sp³-hybridized carbons (Fsp3) is 0.231. The Bertz CT molecular complexity index is 606. The molecule has 6 heteroatoms. The quantitative estimate of drug-likeness (QED) is 0.920. The average Bonchev–Trinajstić information content (AvgIpc) is 2.80. The van der Waals surface area contributed by atoms with Gasteiger partial charge in [-0.3, -0.25) is 0 Å². The number of hydrogen-bond donors (Lipinski definition) is 1. The fourth-order valence-corrected chi connectivity index (χ4v) is 1.52. The molecule has 0 saturated carbocycles. The smallest absolute Gasteiger partial charge is 0.358 e. The van der Waals surface area contributed by atoms with Crippen LogP contribution in [0.4, 0.5) is 4.39 Å². The number of aromatic nitrogens is 1. The lowest BCUT2D eigenvalue weighted by Crippen LogP contribution is -2.06. The monoisotopic (exact) mass is 265 g/mol. The number of carbonyl (C=O) groups is 1. The lowest BCUT2D eigenvalue weighted by Gasteiger charge is -2.10. The van der Waals surface area contributed by atoms with Crippen molar-refractivity contribution in [3.63, 3.8) is 0 Å². The number of rotatable bonds is 4. The molecule has 0 aliphatic heterocycles. The second-order valence-corrected chi connectivity index (χ2v) is 4.19. The Labute approximate surface area is 108 Å². The molecule has 2 rings (SSSR count). The van der Waals surface area contributed by atoms with Crippen molar-refractivity contribution in [3.8, 4) is 17.1 Å². The van der Waals surface area contributed by atoms with Crippen LogP contribution >= 0.6 is 0 Å². The van der Waals surface area contributed by atoms with E-state index in [2.05, 4.69) is 5.16 Å². The summed E-state index contributed by atoms with van der Waals surface area (Å²) in [6.07, 6.45) is -0.135. The molecule has 0 amide bonds. The average molecular weight is 265 g/mol. The molecule has 100 valence electrons. The maximum atomic E-state index is 13.8. The molecule has 1 heterocycles. The Morgan fingerprint density at radius 2 is 2.16 bits per heavy atom. The van der Waals surface area contributed by atoms with Crippen molar-refractivity contribution in [2.45, 2.75) is 20.0 Å². The third-order valence-corrected chi connectivity index (χ3v) is 2.31. The first-order chi connectivity index (χ1) is 8.97. The summed E-state index contributed by atoms with van der Waals surface area (Å²) in [5.41, 5.74) is 0.173. The highest BCUT2D eigenvalue weighted by Crippen LogP contribution is 2.26. The first-order valence-electron chi connectivity index (χ1n) is 5.64. The Balaban J connectivity index is 2.30. The standard InChI is InChI=1S/C13H12FNO4/c1-7(2)18-11-4-3-8(5-9(11)14)12-6-10(13(16)17)15-19-12/h3-7H,1-2H3,(H,16,17). The highest BCUT2D eigenvalue weighted by Gasteiger charge is 2.14. The SMILES string of the molecule is CC(C)Oc1ccc(-c2cc(C(=O)O)no2)cc1F. The first-order valence-corrected chi connectivity index (χ1v) is 5.64. The van der Waals surface area contributed by atoms with Gasteiger partial charge in [-0.2, -0.15) is 0 Å². The summed E-state index contributed by atoms with van der Waals surface area (Å²) in [4.78, 5) is 10.7. The fourth-order valence-electron chi connectivity index (χ4n) is 1.52. The van der Waals surface area contributed by atoms with Crippen molar-refractivity contribution < 1.29 is 23.6 Å². The van der Waals surface area contributed by atoms with E-state index in [-0.39, 0.29) is 23.3 Å². The van der Waals surface area contributed by atoms with Crippen LogP contribution in [0.2, 0.25) is 0 Å². The van der Waals surface area contributed by atoms with E-state index in [1.54, 1.807) is 19.9 Å². The van der Waals surface area contributed by atoms with Gasteiger partial charge < -0.3 is 14.4 Å². The number of ether oxygens (including phenoxy) is 1. The minimum Gasteiger partial charge on any atom is -0.488 e. The molecule has 19 heavy (non-hydrogen) atoms. The van der Waals surface area contributed by atoms with Crippen LogP contribution in [-0.4, -0.2) is 22.3 Å². The Hall–Kier alpha value is -2.37. The van der Waals surface area contributed by atoms with E-state index < -0.39 is 11.8 Å². The zero-order valence-corrected chi connectivity index (χ0v) is 10.4. The second kappa shape index (κ2) is 5.09. The van der Waals surface area contributed by atoms with E-state index in [0.717, 1.165) is 0 Å². The zero-order chi connectivity index (χ0) is 14.0. The van der Waals surface area contributed by atoms with Crippen LogP contribution in [-0.2, 0) is 0 Å². The molecule has 1 N–H and O–H groups in total. The topological polar surface area (TPSA) is 72.6 Å². The largest absolute Gasteiger partial charge is 0.488 e. The Morgan fingerprint density at radius 1 is 1.42 bits per heavy atom. The summed E-state index contributed by atoms with van der Waals surface area (Å²) in [7, 11) is 0. The molecule has 0 spiro atoms. The van der Waals surface area contributed by atoms with E-state index in [1.807, 2.05) is 0 Å². The van der Waals surface area contributed by atoms with Gasteiger partial charge in [-0.1, -0.05) is 5.16 Å². The number of carboxylic acids is 1. The van der Waals surface area contributed by atoms with Gasteiger partial charge in [-0.05, 0) is 32.0 Å². The van der Waals surface area contributed by atoms with E-state index in [0.29, 0.717) is 5.56 Å². The first kappa shape index (κ1) is 13.1. The van der Waals surface area contributed by atoms with Crippen molar-refractivity contribution in [3.05, 3.63) is 35.8 Å². The summed E-state index contributed by atoms with van der Waals surface area (Å²) in [5.74, 6) is -1.42. The summed E-state index contributed by atoms with van der Waals surface area (Å²) < 4.78 is 23.9. The number of nitrogens with zero attached hydrogens (tertiary/aromatic N) is 1. The number of benzene rings is 1. The third kappa shape index (κ3) is 2.90. The Kier molecular flexibility index (Phi) is 3.50. The Morgan fingerprint density at radius 3 is 2.68 bits per heavy atom. The number of halogens is 1. The van der Waals surface area contributed by atoms with E-state index in [1.165, 1.54) is 18.2 Å². The molecule has 2 aromatic rings.